The minimum atomic E-state index is -3.23. The molecule has 0 radical (unpaired) electrons. The smallest absolute Gasteiger partial charge is 0.215 e. The first-order valence-electron chi connectivity index (χ1n) is 5.44. The highest BCUT2D eigenvalue weighted by Gasteiger charge is 2.39. The maximum absolute atomic E-state index is 12.2. The van der Waals surface area contributed by atoms with Crippen LogP contribution in [0, 0.1) is 5.92 Å². The van der Waals surface area contributed by atoms with Crippen LogP contribution >= 0.6 is 11.6 Å². The molecule has 0 saturated carbocycles. The van der Waals surface area contributed by atoms with Crippen molar-refractivity contribution in [2.75, 3.05) is 31.4 Å². The van der Waals surface area contributed by atoms with E-state index in [1.54, 1.807) is 4.31 Å². The number of ether oxygens (including phenoxy) is 1. The van der Waals surface area contributed by atoms with Gasteiger partial charge in [-0.2, -0.15) is 4.31 Å². The molecule has 4 nitrogen and oxygen atoms in total. The van der Waals surface area contributed by atoms with Crippen molar-refractivity contribution >= 4 is 21.6 Å². The summed E-state index contributed by atoms with van der Waals surface area (Å²) in [4.78, 5) is 0. The molecule has 0 amide bonds. The summed E-state index contributed by atoms with van der Waals surface area (Å²) in [5, 5.41) is 0. The number of nitrogens with zero attached hydrogens (tertiary/aromatic N) is 1. The van der Waals surface area contributed by atoms with E-state index in [1.807, 2.05) is 20.8 Å². The normalized spacial score (nSPS) is 24.2. The molecule has 1 aliphatic heterocycles. The quantitative estimate of drug-likeness (QED) is 0.723. The average molecular weight is 270 g/mol. The van der Waals surface area contributed by atoms with E-state index in [0.29, 0.717) is 25.6 Å². The Morgan fingerprint density at radius 1 is 1.50 bits per heavy atom. The molecule has 0 spiro atoms. The molecule has 0 aromatic carbocycles. The van der Waals surface area contributed by atoms with Gasteiger partial charge in [-0.1, -0.05) is 6.92 Å². The van der Waals surface area contributed by atoms with Crippen LogP contribution in [0.15, 0.2) is 0 Å². The van der Waals surface area contributed by atoms with Gasteiger partial charge in [-0.3, -0.25) is 0 Å². The van der Waals surface area contributed by atoms with Crippen LogP contribution < -0.4 is 0 Å². The first-order chi connectivity index (χ1) is 7.29. The van der Waals surface area contributed by atoms with Gasteiger partial charge in [0, 0.05) is 12.4 Å². The van der Waals surface area contributed by atoms with Crippen molar-refractivity contribution in [3.8, 4) is 0 Å². The Hall–Kier alpha value is 0.160. The second-order valence-electron chi connectivity index (χ2n) is 4.98. The molecule has 1 fully saturated rings. The van der Waals surface area contributed by atoms with Crippen LogP contribution in [0.1, 0.15) is 20.8 Å². The van der Waals surface area contributed by atoms with Crippen LogP contribution in [0.3, 0.4) is 0 Å². The molecule has 1 heterocycles. The maximum atomic E-state index is 12.2. The van der Waals surface area contributed by atoms with Crippen LogP contribution in [0.5, 0.6) is 0 Å². The van der Waals surface area contributed by atoms with Crippen molar-refractivity contribution < 1.29 is 13.2 Å². The Morgan fingerprint density at radius 3 is 2.62 bits per heavy atom. The second kappa shape index (κ2) is 5.21. The van der Waals surface area contributed by atoms with Crippen LogP contribution in [0.2, 0.25) is 0 Å². The summed E-state index contributed by atoms with van der Waals surface area (Å²) in [6, 6.07) is 0. The van der Waals surface area contributed by atoms with E-state index in [9.17, 15) is 8.42 Å². The third-order valence-electron chi connectivity index (χ3n) is 2.66. The van der Waals surface area contributed by atoms with Gasteiger partial charge < -0.3 is 4.74 Å². The highest BCUT2D eigenvalue weighted by Crippen LogP contribution is 2.24. The van der Waals surface area contributed by atoms with E-state index in [4.69, 9.17) is 16.3 Å². The van der Waals surface area contributed by atoms with Crippen molar-refractivity contribution in [2.45, 2.75) is 26.3 Å². The molecule has 1 aliphatic rings. The summed E-state index contributed by atoms with van der Waals surface area (Å²) in [5.41, 5.74) is -0.455. The average Bonchev–Trinajstić information content (AvgIpc) is 2.15. The monoisotopic (exact) mass is 269 g/mol. The number of hydrogen-bond donors (Lipinski definition) is 0. The fourth-order valence-corrected chi connectivity index (χ4v) is 4.27. The molecule has 0 N–H and O–H groups in total. The number of alkyl halides is 1. The van der Waals surface area contributed by atoms with Gasteiger partial charge in [-0.25, -0.2) is 8.42 Å². The molecule has 0 aliphatic carbocycles. The van der Waals surface area contributed by atoms with E-state index in [1.165, 1.54) is 0 Å². The van der Waals surface area contributed by atoms with Crippen molar-refractivity contribution in [1.82, 2.24) is 4.31 Å². The second-order valence-corrected chi connectivity index (χ2v) is 7.22. The fourth-order valence-electron chi connectivity index (χ4n) is 1.85. The van der Waals surface area contributed by atoms with Crippen molar-refractivity contribution in [3.63, 3.8) is 0 Å². The van der Waals surface area contributed by atoms with Gasteiger partial charge in [0.15, 0.2) is 0 Å². The van der Waals surface area contributed by atoms with Crippen LogP contribution in [0.4, 0.5) is 0 Å². The standard InChI is InChI=1S/C10H20ClNO3S/c1-9(6-11)7-16(13,14)12-4-5-15-8-10(12,2)3/h9H,4-8H2,1-3H3. The summed E-state index contributed by atoms with van der Waals surface area (Å²) < 4.78 is 31.2. The Morgan fingerprint density at radius 2 is 2.12 bits per heavy atom. The molecule has 1 atom stereocenters. The SMILES string of the molecule is CC(CCl)CS(=O)(=O)N1CCOCC1(C)C. The van der Waals surface area contributed by atoms with E-state index in [0.717, 1.165) is 0 Å². The first kappa shape index (κ1) is 14.2. The summed E-state index contributed by atoms with van der Waals surface area (Å²) in [6.07, 6.45) is 0. The summed E-state index contributed by atoms with van der Waals surface area (Å²) in [6.45, 7) is 6.96. The van der Waals surface area contributed by atoms with Gasteiger partial charge in [0.1, 0.15) is 0 Å². The lowest BCUT2D eigenvalue weighted by Gasteiger charge is -2.41. The highest BCUT2D eigenvalue weighted by molar-refractivity contribution is 7.89. The van der Waals surface area contributed by atoms with Gasteiger partial charge in [0.2, 0.25) is 10.0 Å². The van der Waals surface area contributed by atoms with Gasteiger partial charge in [-0.05, 0) is 19.8 Å². The lowest BCUT2D eigenvalue weighted by atomic mass is 10.1. The minimum absolute atomic E-state index is 0.0229. The number of sulfonamides is 1. The molecule has 0 bridgehead atoms. The van der Waals surface area contributed by atoms with Crippen molar-refractivity contribution in [1.29, 1.82) is 0 Å². The molecular formula is C10H20ClNO3S. The molecule has 16 heavy (non-hydrogen) atoms. The largest absolute Gasteiger partial charge is 0.378 e. The van der Waals surface area contributed by atoms with Crippen molar-refractivity contribution in [2.24, 2.45) is 5.92 Å². The van der Waals surface area contributed by atoms with Crippen LogP contribution in [-0.2, 0) is 14.8 Å². The molecule has 96 valence electrons. The van der Waals surface area contributed by atoms with E-state index in [-0.39, 0.29) is 11.7 Å². The zero-order chi connectivity index (χ0) is 12.4. The Balaban J connectivity index is 2.81. The molecule has 0 aromatic rings. The molecular weight excluding hydrogens is 250 g/mol. The molecule has 1 saturated heterocycles. The van der Waals surface area contributed by atoms with Crippen LogP contribution in [0.25, 0.3) is 0 Å². The topological polar surface area (TPSA) is 46.6 Å². The fraction of sp³-hybridized carbons (Fsp3) is 1.00. The molecule has 1 unspecified atom stereocenters. The van der Waals surface area contributed by atoms with Gasteiger partial charge >= 0.3 is 0 Å². The Labute approximate surface area is 103 Å². The first-order valence-corrected chi connectivity index (χ1v) is 7.58. The van der Waals surface area contributed by atoms with E-state index >= 15 is 0 Å². The van der Waals surface area contributed by atoms with Gasteiger partial charge in [0.05, 0.1) is 24.5 Å². The zero-order valence-corrected chi connectivity index (χ0v) is 11.6. The van der Waals surface area contributed by atoms with Gasteiger partial charge in [0.25, 0.3) is 0 Å². The predicted octanol–water partition coefficient (Wildman–Crippen LogP) is 1.30. The predicted molar refractivity (Wildman–Crippen MR) is 65.3 cm³/mol. The summed E-state index contributed by atoms with van der Waals surface area (Å²) in [5.74, 6) is 0.453. The third kappa shape index (κ3) is 3.32. The lowest BCUT2D eigenvalue weighted by Crippen LogP contribution is -2.56. The summed E-state index contributed by atoms with van der Waals surface area (Å²) in [7, 11) is -3.23. The third-order valence-corrected chi connectivity index (χ3v) is 5.53. The Kier molecular flexibility index (Phi) is 4.63. The number of rotatable bonds is 4. The minimum Gasteiger partial charge on any atom is -0.378 e. The molecule has 0 aromatic heterocycles. The Bertz CT molecular complexity index is 329. The number of hydrogen-bond acceptors (Lipinski definition) is 3. The molecule has 6 heteroatoms. The van der Waals surface area contributed by atoms with Gasteiger partial charge in [-0.15, -0.1) is 11.6 Å². The number of morpholine rings is 1. The number of halogens is 1. The van der Waals surface area contributed by atoms with Crippen LogP contribution in [-0.4, -0.2) is 49.7 Å². The van der Waals surface area contributed by atoms with Crippen molar-refractivity contribution in [3.05, 3.63) is 0 Å². The lowest BCUT2D eigenvalue weighted by molar-refractivity contribution is -0.00779. The molecule has 1 rings (SSSR count). The maximum Gasteiger partial charge on any atom is 0.215 e. The van der Waals surface area contributed by atoms with E-state index in [2.05, 4.69) is 0 Å². The zero-order valence-electron chi connectivity index (χ0n) is 10.1. The highest BCUT2D eigenvalue weighted by atomic mass is 35.5. The summed E-state index contributed by atoms with van der Waals surface area (Å²) >= 11 is 5.66. The van der Waals surface area contributed by atoms with E-state index < -0.39 is 15.6 Å².